The number of nitrogens with zero attached hydrogens (tertiary/aromatic N) is 2. The van der Waals surface area contributed by atoms with Gasteiger partial charge in [-0.05, 0) is 42.9 Å². The van der Waals surface area contributed by atoms with Crippen molar-refractivity contribution in [2.24, 2.45) is 5.92 Å². The Balaban J connectivity index is 1.52. The average molecular weight is 446 g/mol. The monoisotopic (exact) mass is 446 g/mol. The molecule has 1 unspecified atom stereocenters. The van der Waals surface area contributed by atoms with E-state index in [1.54, 1.807) is 12.1 Å². The van der Waals surface area contributed by atoms with Crippen LogP contribution in [0.2, 0.25) is 0 Å². The lowest BCUT2D eigenvalue weighted by molar-refractivity contribution is -0.139. The van der Waals surface area contributed by atoms with Crippen molar-refractivity contribution in [1.29, 1.82) is 0 Å². The summed E-state index contributed by atoms with van der Waals surface area (Å²) in [5, 5.41) is 9.33. The normalized spacial score (nSPS) is 19.2. The van der Waals surface area contributed by atoms with Gasteiger partial charge in [-0.2, -0.15) is 8.78 Å². The number of benzene rings is 2. The molecule has 4 rings (SSSR count). The van der Waals surface area contributed by atoms with E-state index in [0.717, 1.165) is 30.5 Å². The van der Waals surface area contributed by atoms with Crippen molar-refractivity contribution in [1.82, 2.24) is 4.90 Å². The van der Waals surface area contributed by atoms with Gasteiger partial charge >= 0.3 is 12.6 Å². The molecule has 2 aromatic carbocycles. The molecule has 32 heavy (non-hydrogen) atoms. The Morgan fingerprint density at radius 2 is 1.88 bits per heavy atom. The zero-order valence-corrected chi connectivity index (χ0v) is 17.8. The number of aliphatic carboxylic acids is 1. The van der Waals surface area contributed by atoms with E-state index < -0.39 is 12.6 Å². The van der Waals surface area contributed by atoms with E-state index in [1.165, 1.54) is 6.07 Å². The largest absolute Gasteiger partial charge is 0.489 e. The van der Waals surface area contributed by atoms with Crippen LogP contribution in [0.4, 0.5) is 14.5 Å². The van der Waals surface area contributed by atoms with Gasteiger partial charge in [0, 0.05) is 37.4 Å². The minimum atomic E-state index is -2.92. The third-order valence-corrected chi connectivity index (χ3v) is 5.94. The van der Waals surface area contributed by atoms with E-state index in [0.29, 0.717) is 37.9 Å². The van der Waals surface area contributed by atoms with Crippen molar-refractivity contribution in [2.75, 3.05) is 37.7 Å². The molecule has 1 aliphatic carbocycles. The van der Waals surface area contributed by atoms with Crippen molar-refractivity contribution in [3.8, 4) is 11.5 Å². The van der Waals surface area contributed by atoms with Gasteiger partial charge in [0.1, 0.15) is 0 Å². The van der Waals surface area contributed by atoms with E-state index in [-0.39, 0.29) is 18.3 Å². The molecule has 0 spiro atoms. The van der Waals surface area contributed by atoms with Gasteiger partial charge in [-0.1, -0.05) is 30.3 Å². The van der Waals surface area contributed by atoms with Crippen molar-refractivity contribution < 1.29 is 28.2 Å². The molecule has 1 atom stereocenters. The predicted octanol–water partition coefficient (Wildman–Crippen LogP) is 3.89. The van der Waals surface area contributed by atoms with Crippen LogP contribution in [0.3, 0.4) is 0 Å². The maximum atomic E-state index is 12.8. The van der Waals surface area contributed by atoms with Crippen molar-refractivity contribution in [3.63, 3.8) is 0 Å². The van der Waals surface area contributed by atoms with Gasteiger partial charge in [0.2, 0.25) is 0 Å². The van der Waals surface area contributed by atoms with Crippen LogP contribution >= 0.6 is 0 Å². The van der Waals surface area contributed by atoms with Crippen LogP contribution < -0.4 is 14.4 Å². The van der Waals surface area contributed by atoms with Gasteiger partial charge in [0.15, 0.2) is 11.5 Å². The second-order valence-corrected chi connectivity index (χ2v) is 8.42. The highest BCUT2D eigenvalue weighted by atomic mass is 19.3. The Morgan fingerprint density at radius 3 is 2.56 bits per heavy atom. The van der Waals surface area contributed by atoms with Crippen LogP contribution in [0, 0.1) is 5.92 Å². The van der Waals surface area contributed by atoms with Crippen molar-refractivity contribution >= 4 is 11.7 Å². The molecule has 1 saturated heterocycles. The Hall–Kier alpha value is -2.87. The molecule has 2 aliphatic rings. The minimum absolute atomic E-state index is 0.00933. The van der Waals surface area contributed by atoms with Crippen LogP contribution in [0.5, 0.6) is 11.5 Å². The number of hydrogen-bond donors (Lipinski definition) is 1. The second-order valence-electron chi connectivity index (χ2n) is 8.42. The number of carboxylic acid groups (broad SMARTS) is 1. The Bertz CT molecular complexity index is 908. The summed E-state index contributed by atoms with van der Waals surface area (Å²) in [7, 11) is 0. The first-order valence-electron chi connectivity index (χ1n) is 10.9. The summed E-state index contributed by atoms with van der Waals surface area (Å²) in [4.78, 5) is 15.5. The number of alkyl halides is 2. The fourth-order valence-electron chi connectivity index (χ4n) is 4.08. The zero-order chi connectivity index (χ0) is 22.5. The van der Waals surface area contributed by atoms with Gasteiger partial charge in [-0.3, -0.25) is 9.69 Å². The number of ether oxygens (including phenoxy) is 2. The molecule has 172 valence electrons. The lowest BCUT2D eigenvalue weighted by atomic mass is 10.0. The zero-order valence-electron chi connectivity index (χ0n) is 17.8. The molecule has 1 heterocycles. The van der Waals surface area contributed by atoms with Crippen molar-refractivity contribution in [3.05, 3.63) is 54.1 Å². The van der Waals surface area contributed by atoms with Gasteiger partial charge in [0.05, 0.1) is 13.2 Å². The maximum Gasteiger partial charge on any atom is 0.387 e. The molecule has 0 radical (unpaired) electrons. The summed E-state index contributed by atoms with van der Waals surface area (Å²) in [6.45, 7) is -0.584. The summed E-state index contributed by atoms with van der Waals surface area (Å²) >= 11 is 0. The number of rotatable bonds is 10. The molecule has 8 heteroatoms. The average Bonchev–Trinajstić information content (AvgIpc) is 3.59. The summed E-state index contributed by atoms with van der Waals surface area (Å²) < 4.78 is 36.1. The number of halogens is 2. The van der Waals surface area contributed by atoms with E-state index >= 15 is 0 Å². The SMILES string of the molecule is O=C(O)CN1CCN(c2ccc(OC(F)F)c(OCC3CC3)c2)CC1Cc1ccccc1. The van der Waals surface area contributed by atoms with Gasteiger partial charge < -0.3 is 19.5 Å². The third-order valence-electron chi connectivity index (χ3n) is 5.94. The molecular weight excluding hydrogens is 418 g/mol. The fourth-order valence-corrected chi connectivity index (χ4v) is 4.08. The van der Waals surface area contributed by atoms with Crippen molar-refractivity contribution in [2.45, 2.75) is 31.9 Å². The molecule has 1 aliphatic heterocycles. The lowest BCUT2D eigenvalue weighted by Crippen LogP contribution is -2.55. The minimum Gasteiger partial charge on any atom is -0.489 e. The molecule has 2 aromatic rings. The second kappa shape index (κ2) is 10.2. The predicted molar refractivity (Wildman–Crippen MR) is 117 cm³/mol. The summed E-state index contributed by atoms with van der Waals surface area (Å²) in [5.74, 6) is -0.00864. The quantitative estimate of drug-likeness (QED) is 0.598. The van der Waals surface area contributed by atoms with Crippen LogP contribution in [0.15, 0.2) is 48.5 Å². The topological polar surface area (TPSA) is 62.2 Å². The molecule has 1 N–H and O–H groups in total. The van der Waals surface area contributed by atoms with Crippen LogP contribution in [-0.4, -0.2) is 61.4 Å². The number of carboxylic acids is 1. The Morgan fingerprint density at radius 1 is 1.09 bits per heavy atom. The lowest BCUT2D eigenvalue weighted by Gasteiger charge is -2.42. The molecule has 0 bridgehead atoms. The molecule has 0 amide bonds. The smallest absolute Gasteiger partial charge is 0.387 e. The molecule has 6 nitrogen and oxygen atoms in total. The number of hydrogen-bond acceptors (Lipinski definition) is 5. The highest BCUT2D eigenvalue weighted by molar-refractivity contribution is 5.69. The van der Waals surface area contributed by atoms with E-state index in [9.17, 15) is 18.7 Å². The molecule has 0 aromatic heterocycles. The number of carbonyl (C=O) groups is 1. The van der Waals surface area contributed by atoms with Crippen LogP contribution in [0.1, 0.15) is 18.4 Å². The summed E-state index contributed by atoms with van der Waals surface area (Å²) in [6.07, 6.45) is 2.91. The van der Waals surface area contributed by atoms with E-state index in [1.807, 2.05) is 35.2 Å². The maximum absolute atomic E-state index is 12.8. The standard InChI is InChI=1S/C24H28F2N2O4/c25-24(26)32-21-9-8-19(13-22(21)31-16-18-6-7-18)27-10-11-28(15-23(29)30)20(14-27)12-17-4-2-1-3-5-17/h1-5,8-9,13,18,20,24H,6-7,10-12,14-16H2,(H,29,30). The molecule has 1 saturated carbocycles. The fraction of sp³-hybridized carbons (Fsp3) is 0.458. The van der Waals surface area contributed by atoms with Crippen LogP contribution in [-0.2, 0) is 11.2 Å². The Kier molecular flexibility index (Phi) is 7.09. The van der Waals surface area contributed by atoms with Gasteiger partial charge in [-0.25, -0.2) is 0 Å². The number of anilines is 1. The first kappa shape index (κ1) is 22.3. The Labute approximate surface area is 186 Å². The molecular formula is C24H28F2N2O4. The number of piperazine rings is 1. The highest BCUT2D eigenvalue weighted by Crippen LogP contribution is 2.36. The first-order valence-corrected chi connectivity index (χ1v) is 10.9. The molecule has 2 fully saturated rings. The summed E-state index contributed by atoms with van der Waals surface area (Å²) in [5.41, 5.74) is 1.99. The van der Waals surface area contributed by atoms with E-state index in [4.69, 9.17) is 4.74 Å². The first-order chi connectivity index (χ1) is 15.5. The van der Waals surface area contributed by atoms with Crippen LogP contribution in [0.25, 0.3) is 0 Å². The third kappa shape index (κ3) is 6.09. The summed E-state index contributed by atoms with van der Waals surface area (Å²) in [6, 6.07) is 15.0. The van der Waals surface area contributed by atoms with E-state index in [2.05, 4.69) is 9.64 Å². The highest BCUT2D eigenvalue weighted by Gasteiger charge is 2.29. The van der Waals surface area contributed by atoms with Gasteiger partial charge in [-0.15, -0.1) is 0 Å². The van der Waals surface area contributed by atoms with Gasteiger partial charge in [0.25, 0.3) is 0 Å².